The summed E-state index contributed by atoms with van der Waals surface area (Å²) >= 11 is 0. The van der Waals surface area contributed by atoms with Crippen LogP contribution in [0, 0.1) is 0 Å². The fourth-order valence-electron chi connectivity index (χ4n) is 2.69. The average molecular weight is 254 g/mol. The highest BCUT2D eigenvalue weighted by Crippen LogP contribution is 2.43. The Labute approximate surface area is 100 Å². The second-order valence-corrected chi connectivity index (χ2v) is 6.11. The second kappa shape index (κ2) is 3.52. The van der Waals surface area contributed by atoms with Crippen molar-refractivity contribution in [1.82, 2.24) is 4.31 Å². The van der Waals surface area contributed by atoms with Crippen molar-refractivity contribution >= 4 is 10.2 Å². The van der Waals surface area contributed by atoms with Crippen LogP contribution in [-0.2, 0) is 27.2 Å². The Morgan fingerprint density at radius 3 is 2.82 bits per heavy atom. The van der Waals surface area contributed by atoms with Crippen molar-refractivity contribution in [2.24, 2.45) is 5.14 Å². The predicted octanol–water partition coefficient (Wildman–Crippen LogP) is 0.321. The zero-order chi connectivity index (χ0) is 12.1. The molecule has 0 radical (unpaired) electrons. The Bertz CT molecular complexity index is 558. The second-order valence-electron chi connectivity index (χ2n) is 4.57. The van der Waals surface area contributed by atoms with E-state index < -0.39 is 15.8 Å². The molecule has 17 heavy (non-hydrogen) atoms. The molecule has 92 valence electrons. The van der Waals surface area contributed by atoms with E-state index in [4.69, 9.17) is 9.88 Å². The van der Waals surface area contributed by atoms with Crippen LogP contribution in [0.1, 0.15) is 17.5 Å². The van der Waals surface area contributed by atoms with E-state index in [2.05, 4.69) is 0 Å². The smallest absolute Gasteiger partial charge is 0.277 e. The first kappa shape index (κ1) is 11.2. The third kappa shape index (κ3) is 1.68. The van der Waals surface area contributed by atoms with Gasteiger partial charge in [0.1, 0.15) is 5.60 Å². The maximum absolute atomic E-state index is 11.3. The maximum Gasteiger partial charge on any atom is 0.277 e. The van der Waals surface area contributed by atoms with Crippen molar-refractivity contribution in [3.8, 4) is 0 Å². The van der Waals surface area contributed by atoms with E-state index in [-0.39, 0.29) is 0 Å². The van der Waals surface area contributed by atoms with Gasteiger partial charge in [-0.2, -0.15) is 12.7 Å². The van der Waals surface area contributed by atoms with Crippen LogP contribution in [0.15, 0.2) is 24.3 Å². The first-order valence-electron chi connectivity index (χ1n) is 5.51. The monoisotopic (exact) mass is 254 g/mol. The maximum atomic E-state index is 11.3. The summed E-state index contributed by atoms with van der Waals surface area (Å²) in [4.78, 5) is 0. The molecule has 1 saturated heterocycles. The Kier molecular flexibility index (Phi) is 2.31. The highest BCUT2D eigenvalue weighted by Gasteiger charge is 2.47. The van der Waals surface area contributed by atoms with E-state index in [1.54, 1.807) is 0 Å². The van der Waals surface area contributed by atoms with Crippen molar-refractivity contribution in [3.05, 3.63) is 35.4 Å². The van der Waals surface area contributed by atoms with Gasteiger partial charge in [0, 0.05) is 13.1 Å². The standard InChI is InChI=1S/C11H14N2O3S/c12-17(14,15)13-6-5-11(8-13)10-4-2-1-3-9(10)7-16-11/h1-4H,5-8H2,(H2,12,14,15)/t11-/m1/s1. The molecule has 1 atom stereocenters. The van der Waals surface area contributed by atoms with Gasteiger partial charge in [0.2, 0.25) is 0 Å². The molecule has 0 unspecified atom stereocenters. The van der Waals surface area contributed by atoms with Crippen LogP contribution in [0.4, 0.5) is 0 Å². The highest BCUT2D eigenvalue weighted by atomic mass is 32.2. The number of hydrogen-bond donors (Lipinski definition) is 1. The average Bonchev–Trinajstić information content (AvgIpc) is 2.86. The van der Waals surface area contributed by atoms with E-state index in [0.29, 0.717) is 26.1 Å². The fraction of sp³-hybridized carbons (Fsp3) is 0.455. The van der Waals surface area contributed by atoms with Crippen LogP contribution in [0.25, 0.3) is 0 Å². The summed E-state index contributed by atoms with van der Waals surface area (Å²) in [6, 6.07) is 7.95. The molecule has 0 amide bonds. The predicted molar refractivity (Wildman–Crippen MR) is 62.2 cm³/mol. The molecule has 2 heterocycles. The number of nitrogens with two attached hydrogens (primary N) is 1. The molecule has 1 fully saturated rings. The molecule has 0 bridgehead atoms. The van der Waals surface area contributed by atoms with E-state index >= 15 is 0 Å². The molecule has 2 aliphatic heterocycles. The van der Waals surface area contributed by atoms with Crippen LogP contribution in [0.2, 0.25) is 0 Å². The summed E-state index contributed by atoms with van der Waals surface area (Å²) in [5.41, 5.74) is 1.76. The number of ether oxygens (including phenoxy) is 1. The summed E-state index contributed by atoms with van der Waals surface area (Å²) in [6.07, 6.45) is 0.667. The van der Waals surface area contributed by atoms with Gasteiger partial charge < -0.3 is 4.74 Å². The lowest BCUT2D eigenvalue weighted by atomic mass is 9.92. The highest BCUT2D eigenvalue weighted by molar-refractivity contribution is 7.86. The summed E-state index contributed by atoms with van der Waals surface area (Å²) in [5, 5.41) is 5.15. The molecular formula is C11H14N2O3S. The zero-order valence-corrected chi connectivity index (χ0v) is 10.1. The Hall–Kier alpha value is -0.950. The molecular weight excluding hydrogens is 240 g/mol. The van der Waals surface area contributed by atoms with Gasteiger partial charge in [-0.05, 0) is 17.5 Å². The topological polar surface area (TPSA) is 72.6 Å². The summed E-state index contributed by atoms with van der Waals surface area (Å²) in [5.74, 6) is 0. The van der Waals surface area contributed by atoms with E-state index in [1.165, 1.54) is 4.31 Å². The van der Waals surface area contributed by atoms with Gasteiger partial charge in [-0.3, -0.25) is 0 Å². The lowest BCUT2D eigenvalue weighted by Gasteiger charge is -2.23. The van der Waals surface area contributed by atoms with Crippen LogP contribution in [0.5, 0.6) is 0 Å². The normalized spacial score (nSPS) is 28.8. The summed E-state index contributed by atoms with van der Waals surface area (Å²) in [6.45, 7) is 1.30. The van der Waals surface area contributed by atoms with Crippen LogP contribution in [0.3, 0.4) is 0 Å². The van der Waals surface area contributed by atoms with Crippen molar-refractivity contribution in [3.63, 3.8) is 0 Å². The minimum absolute atomic E-state index is 0.322. The Balaban J connectivity index is 1.97. The summed E-state index contributed by atoms with van der Waals surface area (Å²) < 4.78 is 29.8. The number of benzene rings is 1. The molecule has 0 aromatic heterocycles. The van der Waals surface area contributed by atoms with Crippen LogP contribution >= 0.6 is 0 Å². The SMILES string of the molecule is NS(=O)(=O)N1CC[C@]2(C1)OCc1ccccc12. The Morgan fingerprint density at radius 2 is 2.12 bits per heavy atom. The number of hydrogen-bond acceptors (Lipinski definition) is 3. The number of fused-ring (bicyclic) bond motifs is 2. The Morgan fingerprint density at radius 1 is 1.35 bits per heavy atom. The van der Waals surface area contributed by atoms with E-state index in [9.17, 15) is 8.42 Å². The van der Waals surface area contributed by atoms with Gasteiger partial charge in [0.05, 0.1) is 6.61 Å². The van der Waals surface area contributed by atoms with Gasteiger partial charge >= 0.3 is 0 Å². The molecule has 5 nitrogen and oxygen atoms in total. The fourth-order valence-corrected chi connectivity index (χ4v) is 3.42. The van der Waals surface area contributed by atoms with E-state index in [0.717, 1.165) is 11.1 Å². The number of rotatable bonds is 1. The van der Waals surface area contributed by atoms with Gasteiger partial charge in [-0.1, -0.05) is 24.3 Å². The third-order valence-electron chi connectivity index (χ3n) is 3.57. The quantitative estimate of drug-likeness (QED) is 0.784. The zero-order valence-electron chi connectivity index (χ0n) is 9.30. The third-order valence-corrected chi connectivity index (χ3v) is 4.60. The van der Waals surface area contributed by atoms with Gasteiger partial charge in [-0.25, -0.2) is 5.14 Å². The largest absolute Gasteiger partial charge is 0.364 e. The first-order chi connectivity index (χ1) is 8.01. The molecule has 6 heteroatoms. The van der Waals surface area contributed by atoms with E-state index in [1.807, 2.05) is 24.3 Å². The van der Waals surface area contributed by atoms with Crippen LogP contribution in [-0.4, -0.2) is 25.8 Å². The molecule has 0 saturated carbocycles. The molecule has 2 N–H and O–H groups in total. The summed E-state index contributed by atoms with van der Waals surface area (Å²) in [7, 11) is -3.62. The molecule has 1 spiro atoms. The molecule has 2 aliphatic rings. The minimum atomic E-state index is -3.62. The van der Waals surface area contributed by atoms with Gasteiger partial charge in [-0.15, -0.1) is 0 Å². The lowest BCUT2D eigenvalue weighted by molar-refractivity contribution is -0.0255. The van der Waals surface area contributed by atoms with Gasteiger partial charge in [0.15, 0.2) is 0 Å². The molecule has 1 aromatic rings. The first-order valence-corrected chi connectivity index (χ1v) is 7.02. The van der Waals surface area contributed by atoms with Crippen molar-refractivity contribution in [2.75, 3.05) is 13.1 Å². The minimum Gasteiger partial charge on any atom is -0.364 e. The molecule has 1 aromatic carbocycles. The van der Waals surface area contributed by atoms with Crippen LogP contribution < -0.4 is 5.14 Å². The molecule has 3 rings (SSSR count). The lowest BCUT2D eigenvalue weighted by Crippen LogP contribution is -2.38. The molecule has 0 aliphatic carbocycles. The number of nitrogens with zero attached hydrogens (tertiary/aromatic N) is 1. The van der Waals surface area contributed by atoms with Crippen molar-refractivity contribution in [1.29, 1.82) is 0 Å². The van der Waals surface area contributed by atoms with Crippen molar-refractivity contribution < 1.29 is 13.2 Å². The van der Waals surface area contributed by atoms with Gasteiger partial charge in [0.25, 0.3) is 10.2 Å². The van der Waals surface area contributed by atoms with Crippen molar-refractivity contribution in [2.45, 2.75) is 18.6 Å².